The second kappa shape index (κ2) is 4.91. The molecule has 0 radical (unpaired) electrons. The average molecular weight is 211 g/mol. The van der Waals surface area contributed by atoms with Crippen LogP contribution in [0.3, 0.4) is 0 Å². The number of rotatable bonds is 4. The van der Waals surface area contributed by atoms with E-state index in [1.807, 2.05) is 5.38 Å². The van der Waals surface area contributed by atoms with Crippen LogP contribution < -0.4 is 0 Å². The van der Waals surface area contributed by atoms with E-state index in [0.717, 1.165) is 23.2 Å². The van der Waals surface area contributed by atoms with Gasteiger partial charge in [0.2, 0.25) is 0 Å². The van der Waals surface area contributed by atoms with E-state index in [2.05, 4.69) is 18.8 Å². The number of carboxylic acids is 1. The molecule has 1 aromatic heterocycles. The number of aromatic nitrogens is 1. The lowest BCUT2D eigenvalue weighted by Crippen LogP contribution is -1.93. The van der Waals surface area contributed by atoms with Gasteiger partial charge in [0.05, 0.1) is 5.69 Å². The molecule has 0 saturated heterocycles. The zero-order chi connectivity index (χ0) is 10.6. The lowest BCUT2D eigenvalue weighted by atomic mass is 10.1. The summed E-state index contributed by atoms with van der Waals surface area (Å²) in [5.41, 5.74) is 1.04. The Balaban J connectivity index is 2.63. The van der Waals surface area contributed by atoms with Crippen LogP contribution in [0.25, 0.3) is 6.08 Å². The minimum atomic E-state index is -0.939. The number of nitrogens with zero attached hydrogens (tertiary/aromatic N) is 1. The second-order valence-corrected chi connectivity index (χ2v) is 4.34. The van der Waals surface area contributed by atoms with Gasteiger partial charge in [-0.05, 0) is 18.4 Å². The molecular weight excluding hydrogens is 198 g/mol. The highest BCUT2D eigenvalue weighted by Gasteiger charge is 2.02. The van der Waals surface area contributed by atoms with Crippen LogP contribution in [0.4, 0.5) is 0 Å². The Labute approximate surface area is 87.1 Å². The smallest absolute Gasteiger partial charge is 0.328 e. The summed E-state index contributed by atoms with van der Waals surface area (Å²) >= 11 is 1.47. The number of thiazole rings is 1. The molecule has 0 saturated carbocycles. The predicted molar refractivity (Wildman–Crippen MR) is 57.3 cm³/mol. The van der Waals surface area contributed by atoms with Crippen molar-refractivity contribution in [1.29, 1.82) is 0 Å². The summed E-state index contributed by atoms with van der Waals surface area (Å²) in [5.74, 6) is -0.362. The molecule has 14 heavy (non-hydrogen) atoms. The monoisotopic (exact) mass is 211 g/mol. The highest BCUT2D eigenvalue weighted by Crippen LogP contribution is 2.14. The number of carboxylic acid groups (broad SMARTS) is 1. The van der Waals surface area contributed by atoms with Gasteiger partial charge in [-0.15, -0.1) is 11.3 Å². The maximum absolute atomic E-state index is 10.2. The van der Waals surface area contributed by atoms with Gasteiger partial charge in [0.15, 0.2) is 0 Å². The van der Waals surface area contributed by atoms with Crippen molar-refractivity contribution in [2.45, 2.75) is 20.3 Å². The first-order valence-electron chi connectivity index (χ1n) is 4.43. The molecule has 0 aliphatic rings. The highest BCUT2D eigenvalue weighted by atomic mass is 32.1. The molecule has 0 amide bonds. The van der Waals surface area contributed by atoms with Gasteiger partial charge in [-0.25, -0.2) is 9.78 Å². The van der Waals surface area contributed by atoms with E-state index in [-0.39, 0.29) is 0 Å². The van der Waals surface area contributed by atoms with Gasteiger partial charge in [0.25, 0.3) is 0 Å². The summed E-state index contributed by atoms with van der Waals surface area (Å²) in [4.78, 5) is 14.5. The largest absolute Gasteiger partial charge is 0.478 e. The first-order valence-corrected chi connectivity index (χ1v) is 5.31. The van der Waals surface area contributed by atoms with Gasteiger partial charge in [-0.3, -0.25) is 0 Å². The fraction of sp³-hybridized carbons (Fsp3) is 0.400. The lowest BCUT2D eigenvalue weighted by Gasteiger charge is -1.98. The van der Waals surface area contributed by atoms with Crippen molar-refractivity contribution in [3.63, 3.8) is 0 Å². The van der Waals surface area contributed by atoms with E-state index in [0.29, 0.717) is 5.92 Å². The number of hydrogen-bond donors (Lipinski definition) is 1. The number of aliphatic carboxylic acids is 1. The third-order valence-corrected chi connectivity index (χ3v) is 2.41. The van der Waals surface area contributed by atoms with Crippen molar-refractivity contribution in [3.8, 4) is 0 Å². The fourth-order valence-corrected chi connectivity index (χ4v) is 1.78. The van der Waals surface area contributed by atoms with Crippen LogP contribution in [-0.2, 0) is 11.2 Å². The third-order valence-electron chi connectivity index (χ3n) is 1.56. The maximum Gasteiger partial charge on any atom is 0.328 e. The Hall–Kier alpha value is -1.16. The molecule has 1 N–H and O–H groups in total. The molecule has 0 unspecified atom stereocenters. The van der Waals surface area contributed by atoms with Crippen molar-refractivity contribution < 1.29 is 9.90 Å². The van der Waals surface area contributed by atoms with Gasteiger partial charge in [-0.1, -0.05) is 13.8 Å². The molecule has 0 fully saturated rings. The molecule has 0 spiro atoms. The Morgan fingerprint density at radius 3 is 3.00 bits per heavy atom. The highest BCUT2D eigenvalue weighted by molar-refractivity contribution is 7.10. The Morgan fingerprint density at radius 1 is 1.71 bits per heavy atom. The van der Waals surface area contributed by atoms with Crippen molar-refractivity contribution in [2.75, 3.05) is 0 Å². The zero-order valence-corrected chi connectivity index (χ0v) is 9.04. The maximum atomic E-state index is 10.2. The minimum absolute atomic E-state index is 0.577. The summed E-state index contributed by atoms with van der Waals surface area (Å²) < 4.78 is 0. The van der Waals surface area contributed by atoms with Crippen molar-refractivity contribution in [2.24, 2.45) is 5.92 Å². The predicted octanol–water partition coefficient (Wildman–Crippen LogP) is 2.44. The Morgan fingerprint density at radius 2 is 2.43 bits per heavy atom. The van der Waals surface area contributed by atoms with Gasteiger partial charge < -0.3 is 5.11 Å². The Kier molecular flexibility index (Phi) is 3.83. The minimum Gasteiger partial charge on any atom is -0.478 e. The molecular formula is C10H13NO2S. The molecule has 0 aliphatic heterocycles. The Bertz CT molecular complexity index is 342. The van der Waals surface area contributed by atoms with Gasteiger partial charge >= 0.3 is 5.97 Å². The lowest BCUT2D eigenvalue weighted by molar-refractivity contribution is -0.131. The van der Waals surface area contributed by atoms with Crippen molar-refractivity contribution >= 4 is 23.4 Å². The normalized spacial score (nSPS) is 11.4. The quantitative estimate of drug-likeness (QED) is 0.778. The van der Waals surface area contributed by atoms with E-state index in [9.17, 15) is 4.79 Å². The standard InChI is InChI=1S/C10H13NO2S/c1-7(2)5-8-6-14-9(11-8)3-4-10(12)13/h3-4,6-7H,5H2,1-2H3,(H,12,13)/b4-3+. The van der Waals surface area contributed by atoms with Crippen LogP contribution in [-0.4, -0.2) is 16.1 Å². The van der Waals surface area contributed by atoms with E-state index in [4.69, 9.17) is 5.11 Å². The van der Waals surface area contributed by atoms with Crippen molar-refractivity contribution in [1.82, 2.24) is 4.98 Å². The number of carbonyl (C=O) groups is 1. The van der Waals surface area contributed by atoms with E-state index < -0.39 is 5.97 Å². The van der Waals surface area contributed by atoms with Crippen LogP contribution >= 0.6 is 11.3 Å². The molecule has 1 aromatic rings. The van der Waals surface area contributed by atoms with Crippen LogP contribution in [0.15, 0.2) is 11.5 Å². The molecule has 4 heteroatoms. The van der Waals surface area contributed by atoms with Gasteiger partial charge in [0.1, 0.15) is 5.01 Å². The summed E-state index contributed by atoms with van der Waals surface area (Å²) in [6, 6.07) is 0. The second-order valence-electron chi connectivity index (χ2n) is 3.45. The molecule has 3 nitrogen and oxygen atoms in total. The first-order chi connectivity index (χ1) is 6.58. The number of hydrogen-bond acceptors (Lipinski definition) is 3. The third kappa shape index (κ3) is 3.70. The summed E-state index contributed by atoms with van der Waals surface area (Å²) in [6.07, 6.45) is 3.58. The molecule has 1 rings (SSSR count). The summed E-state index contributed by atoms with van der Waals surface area (Å²) in [7, 11) is 0. The summed E-state index contributed by atoms with van der Waals surface area (Å²) in [5, 5.41) is 11.1. The molecule has 0 aliphatic carbocycles. The van der Waals surface area contributed by atoms with Crippen LogP contribution in [0.5, 0.6) is 0 Å². The molecule has 0 bridgehead atoms. The molecule has 0 aromatic carbocycles. The fourth-order valence-electron chi connectivity index (χ4n) is 1.05. The average Bonchev–Trinajstić information content (AvgIpc) is 2.47. The SMILES string of the molecule is CC(C)Cc1csc(/C=C/C(=O)O)n1. The topological polar surface area (TPSA) is 50.2 Å². The van der Waals surface area contributed by atoms with E-state index in [1.165, 1.54) is 17.4 Å². The van der Waals surface area contributed by atoms with Crippen LogP contribution in [0.2, 0.25) is 0 Å². The van der Waals surface area contributed by atoms with Gasteiger partial charge in [-0.2, -0.15) is 0 Å². The van der Waals surface area contributed by atoms with E-state index >= 15 is 0 Å². The zero-order valence-electron chi connectivity index (χ0n) is 8.23. The molecule has 0 atom stereocenters. The van der Waals surface area contributed by atoms with Crippen molar-refractivity contribution in [3.05, 3.63) is 22.2 Å². The van der Waals surface area contributed by atoms with Crippen LogP contribution in [0, 0.1) is 5.92 Å². The molecule has 1 heterocycles. The van der Waals surface area contributed by atoms with E-state index in [1.54, 1.807) is 0 Å². The van der Waals surface area contributed by atoms with Crippen LogP contribution in [0.1, 0.15) is 24.5 Å². The first kappa shape index (κ1) is 10.9. The molecule has 76 valence electrons. The summed E-state index contributed by atoms with van der Waals surface area (Å²) in [6.45, 7) is 4.26. The van der Waals surface area contributed by atoms with Gasteiger partial charge in [0, 0.05) is 11.5 Å².